The summed E-state index contributed by atoms with van der Waals surface area (Å²) in [4.78, 5) is 26.4. The van der Waals surface area contributed by atoms with E-state index in [1.807, 2.05) is 4.90 Å². The fourth-order valence-electron chi connectivity index (χ4n) is 3.01. The van der Waals surface area contributed by atoms with Crippen LogP contribution in [-0.2, 0) is 0 Å². The van der Waals surface area contributed by atoms with Crippen LogP contribution in [0.3, 0.4) is 0 Å². The summed E-state index contributed by atoms with van der Waals surface area (Å²) in [5.41, 5.74) is -0.903. The summed E-state index contributed by atoms with van der Waals surface area (Å²) < 4.78 is 27.0. The summed E-state index contributed by atoms with van der Waals surface area (Å²) in [7, 11) is 0. The van der Waals surface area contributed by atoms with Gasteiger partial charge in [0, 0.05) is 25.3 Å². The maximum atomic E-state index is 13.9. The second-order valence-electron chi connectivity index (χ2n) is 7.66. The lowest BCUT2D eigenvalue weighted by atomic mass is 10.0. The molecule has 2 atom stereocenters. The normalized spacial score (nSPS) is 17.7. The van der Waals surface area contributed by atoms with Crippen LogP contribution in [0.1, 0.15) is 30.6 Å². The highest BCUT2D eigenvalue weighted by Crippen LogP contribution is 2.24. The van der Waals surface area contributed by atoms with E-state index in [-0.39, 0.29) is 23.3 Å². The van der Waals surface area contributed by atoms with E-state index < -0.39 is 23.5 Å². The molecule has 0 bridgehead atoms. The molecule has 1 aliphatic heterocycles. The molecule has 1 saturated heterocycles. The van der Waals surface area contributed by atoms with Gasteiger partial charge in [-0.3, -0.25) is 4.79 Å². The largest absolute Gasteiger partial charge is 0.387 e. The minimum absolute atomic E-state index is 0.0473. The summed E-state index contributed by atoms with van der Waals surface area (Å²) >= 11 is 5.99. The summed E-state index contributed by atoms with van der Waals surface area (Å²) in [5, 5.41) is 15.6. The molecule has 3 N–H and O–H groups in total. The predicted octanol–water partition coefficient (Wildman–Crippen LogP) is 2.19. The molecule has 11 heteroatoms. The third kappa shape index (κ3) is 5.51. The SMILES string of the molecule is CC(C)(O)C(F)CNC(=O)c1cnc(Cl)cc1NC1CCN(c2ncc(F)cn2)C1. The Morgan fingerprint density at radius 3 is 2.73 bits per heavy atom. The van der Waals surface area contributed by atoms with Crippen LogP contribution >= 0.6 is 11.6 Å². The molecule has 3 heterocycles. The smallest absolute Gasteiger partial charge is 0.255 e. The van der Waals surface area contributed by atoms with Crippen LogP contribution in [0.15, 0.2) is 24.7 Å². The molecule has 0 aromatic carbocycles. The first kappa shape index (κ1) is 22.1. The van der Waals surface area contributed by atoms with Crippen molar-refractivity contribution in [3.05, 3.63) is 41.2 Å². The highest BCUT2D eigenvalue weighted by Gasteiger charge is 2.28. The number of alkyl halides is 1. The molecule has 162 valence electrons. The zero-order chi connectivity index (χ0) is 21.9. The second kappa shape index (κ2) is 9.05. The van der Waals surface area contributed by atoms with Crippen molar-refractivity contribution in [3.63, 3.8) is 0 Å². The zero-order valence-electron chi connectivity index (χ0n) is 16.6. The molecule has 0 radical (unpaired) electrons. The molecule has 2 unspecified atom stereocenters. The van der Waals surface area contributed by atoms with Gasteiger partial charge in [0.25, 0.3) is 5.91 Å². The molecule has 2 aromatic heterocycles. The summed E-state index contributed by atoms with van der Waals surface area (Å²) in [6.07, 6.45) is 2.64. The van der Waals surface area contributed by atoms with Gasteiger partial charge in [-0.05, 0) is 26.3 Å². The Labute approximate surface area is 177 Å². The highest BCUT2D eigenvalue weighted by molar-refractivity contribution is 6.29. The van der Waals surface area contributed by atoms with Crippen molar-refractivity contribution in [2.45, 2.75) is 38.1 Å². The first-order chi connectivity index (χ1) is 14.1. The van der Waals surface area contributed by atoms with E-state index in [0.717, 1.165) is 18.8 Å². The van der Waals surface area contributed by atoms with Gasteiger partial charge in [0.2, 0.25) is 5.95 Å². The van der Waals surface area contributed by atoms with Crippen LogP contribution in [0, 0.1) is 5.82 Å². The van der Waals surface area contributed by atoms with E-state index in [9.17, 15) is 18.7 Å². The van der Waals surface area contributed by atoms with Gasteiger partial charge in [0.1, 0.15) is 11.3 Å². The predicted molar refractivity (Wildman–Crippen MR) is 109 cm³/mol. The highest BCUT2D eigenvalue weighted by atomic mass is 35.5. The monoisotopic (exact) mass is 440 g/mol. The fraction of sp³-hybridized carbons (Fsp3) is 0.474. The van der Waals surface area contributed by atoms with Gasteiger partial charge in [0.15, 0.2) is 5.82 Å². The molecular weight excluding hydrogens is 418 g/mol. The molecule has 3 rings (SSSR count). The number of hydrogen-bond acceptors (Lipinski definition) is 7. The Bertz CT molecular complexity index is 894. The Morgan fingerprint density at radius 1 is 1.37 bits per heavy atom. The molecule has 0 saturated carbocycles. The number of hydrogen-bond donors (Lipinski definition) is 3. The summed E-state index contributed by atoms with van der Waals surface area (Å²) in [6.45, 7) is 3.51. The number of nitrogens with one attached hydrogen (secondary N) is 2. The van der Waals surface area contributed by atoms with Crippen molar-refractivity contribution in [1.82, 2.24) is 20.3 Å². The van der Waals surface area contributed by atoms with Crippen LogP contribution in [0.25, 0.3) is 0 Å². The Balaban J connectivity index is 1.67. The van der Waals surface area contributed by atoms with Crippen molar-refractivity contribution in [2.75, 3.05) is 29.9 Å². The lowest BCUT2D eigenvalue weighted by Crippen LogP contribution is -2.42. The molecular formula is C19H23ClF2N6O2. The maximum absolute atomic E-state index is 13.9. The van der Waals surface area contributed by atoms with Crippen molar-refractivity contribution in [1.29, 1.82) is 0 Å². The lowest BCUT2D eigenvalue weighted by molar-refractivity contribution is -0.00177. The van der Waals surface area contributed by atoms with E-state index in [4.69, 9.17) is 11.6 Å². The van der Waals surface area contributed by atoms with Crippen LogP contribution in [0.2, 0.25) is 5.15 Å². The number of aliphatic hydroxyl groups is 1. The van der Waals surface area contributed by atoms with Crippen molar-refractivity contribution in [2.24, 2.45) is 0 Å². The quantitative estimate of drug-likeness (QED) is 0.567. The van der Waals surface area contributed by atoms with Crippen LogP contribution in [0.5, 0.6) is 0 Å². The van der Waals surface area contributed by atoms with E-state index >= 15 is 0 Å². The minimum atomic E-state index is -1.63. The molecule has 1 aliphatic rings. The van der Waals surface area contributed by atoms with Gasteiger partial charge in [-0.25, -0.2) is 23.7 Å². The fourth-order valence-corrected chi connectivity index (χ4v) is 3.16. The molecule has 2 aromatic rings. The lowest BCUT2D eigenvalue weighted by Gasteiger charge is -2.23. The number of anilines is 2. The van der Waals surface area contributed by atoms with E-state index in [2.05, 4.69) is 25.6 Å². The topological polar surface area (TPSA) is 103 Å². The van der Waals surface area contributed by atoms with E-state index in [0.29, 0.717) is 24.7 Å². The molecule has 8 nitrogen and oxygen atoms in total. The number of amides is 1. The van der Waals surface area contributed by atoms with Crippen LogP contribution in [-0.4, -0.2) is 63.4 Å². The van der Waals surface area contributed by atoms with Gasteiger partial charge in [-0.15, -0.1) is 0 Å². The molecule has 30 heavy (non-hydrogen) atoms. The molecule has 1 fully saturated rings. The second-order valence-corrected chi connectivity index (χ2v) is 8.05. The summed E-state index contributed by atoms with van der Waals surface area (Å²) in [5.74, 6) is -0.618. The number of aromatic nitrogens is 3. The number of halogens is 3. The number of carbonyl (C=O) groups is 1. The van der Waals surface area contributed by atoms with Gasteiger partial charge in [-0.2, -0.15) is 0 Å². The Hall–Kier alpha value is -2.59. The van der Waals surface area contributed by atoms with Gasteiger partial charge >= 0.3 is 0 Å². The molecule has 0 aliphatic carbocycles. The van der Waals surface area contributed by atoms with Gasteiger partial charge in [0.05, 0.1) is 35.8 Å². The van der Waals surface area contributed by atoms with Crippen molar-refractivity contribution in [3.8, 4) is 0 Å². The average molecular weight is 441 g/mol. The standard InChI is InChI=1S/C19H23ClF2N6O2/c1-19(2,30)15(22)9-24-17(29)13-8-23-16(20)5-14(13)27-12-3-4-28(10-12)18-25-6-11(21)7-26-18/h5-8,12,15,30H,3-4,9-10H2,1-2H3,(H,23,27)(H,24,29). The third-order valence-corrected chi connectivity index (χ3v) is 4.97. The van der Waals surface area contributed by atoms with Gasteiger partial charge < -0.3 is 20.6 Å². The number of nitrogens with zero attached hydrogens (tertiary/aromatic N) is 4. The average Bonchev–Trinajstić information content (AvgIpc) is 3.14. The zero-order valence-corrected chi connectivity index (χ0v) is 17.3. The third-order valence-electron chi connectivity index (χ3n) is 4.76. The van der Waals surface area contributed by atoms with E-state index in [1.165, 1.54) is 26.1 Å². The van der Waals surface area contributed by atoms with E-state index in [1.54, 1.807) is 0 Å². The van der Waals surface area contributed by atoms with Crippen molar-refractivity contribution >= 4 is 29.1 Å². The molecule has 1 amide bonds. The summed E-state index contributed by atoms with van der Waals surface area (Å²) in [6, 6.07) is 1.48. The molecule has 0 spiro atoms. The Morgan fingerprint density at radius 2 is 2.07 bits per heavy atom. The number of pyridine rings is 1. The van der Waals surface area contributed by atoms with Crippen molar-refractivity contribution < 1.29 is 18.7 Å². The van der Waals surface area contributed by atoms with Crippen LogP contribution < -0.4 is 15.5 Å². The number of carbonyl (C=O) groups excluding carboxylic acids is 1. The number of rotatable bonds is 7. The van der Waals surface area contributed by atoms with Crippen LogP contribution in [0.4, 0.5) is 20.4 Å². The first-order valence-corrected chi connectivity index (χ1v) is 9.80. The van der Waals surface area contributed by atoms with Gasteiger partial charge in [-0.1, -0.05) is 11.6 Å². The first-order valence-electron chi connectivity index (χ1n) is 9.42. The Kier molecular flexibility index (Phi) is 6.67. The minimum Gasteiger partial charge on any atom is -0.387 e. The maximum Gasteiger partial charge on any atom is 0.255 e.